The van der Waals surface area contributed by atoms with Crippen LogP contribution >= 0.6 is 0 Å². The zero-order valence-corrected chi connectivity index (χ0v) is 16.4. The fraction of sp³-hybridized carbons (Fsp3) is 0.304. The van der Waals surface area contributed by atoms with Gasteiger partial charge in [0.15, 0.2) is 0 Å². The average molecular weight is 371 g/mol. The van der Waals surface area contributed by atoms with Crippen molar-refractivity contribution in [3.8, 4) is 0 Å². The van der Waals surface area contributed by atoms with Crippen molar-refractivity contribution in [2.75, 3.05) is 13.6 Å². The first kappa shape index (κ1) is 18.4. The van der Waals surface area contributed by atoms with Crippen LogP contribution in [0.2, 0.25) is 0 Å². The third-order valence-corrected chi connectivity index (χ3v) is 5.40. The second kappa shape index (κ2) is 8.40. The molecule has 0 saturated heterocycles. The second-order valence-electron chi connectivity index (χ2n) is 7.39. The lowest BCUT2D eigenvalue weighted by Crippen LogP contribution is -2.20. The van der Waals surface area contributed by atoms with Crippen molar-refractivity contribution in [2.45, 2.75) is 32.2 Å². The lowest BCUT2D eigenvalue weighted by atomic mass is 9.90. The highest BCUT2D eigenvalue weighted by Gasteiger charge is 2.26. The van der Waals surface area contributed by atoms with Crippen molar-refractivity contribution >= 4 is 5.57 Å². The number of fused-ring (bicyclic) bond motifs is 1. The molecule has 28 heavy (non-hydrogen) atoms. The summed E-state index contributed by atoms with van der Waals surface area (Å²) in [6.07, 6.45) is 12.8. The summed E-state index contributed by atoms with van der Waals surface area (Å²) < 4.78 is 0. The minimum atomic E-state index is 0.234. The standard InChI is InChI=1S/C23H25N5/c1-17(22-15-25-9-11-27-22)23-19(13-18-5-3-4-6-21(18)23)7-12-28(2)16-20-14-24-8-10-26-20/h3-6,8-11,14-15,17H,7,12-13,16H2,1-2H3/t17-/m0/s1. The first-order valence-corrected chi connectivity index (χ1v) is 9.72. The van der Waals surface area contributed by atoms with Gasteiger partial charge < -0.3 is 4.90 Å². The van der Waals surface area contributed by atoms with E-state index in [0.29, 0.717) is 0 Å². The number of rotatable bonds is 7. The first-order valence-electron chi connectivity index (χ1n) is 9.72. The molecule has 142 valence electrons. The quantitative estimate of drug-likeness (QED) is 0.630. The van der Waals surface area contributed by atoms with E-state index < -0.39 is 0 Å². The maximum Gasteiger partial charge on any atom is 0.0726 e. The van der Waals surface area contributed by atoms with E-state index in [2.05, 4.69) is 63.1 Å². The van der Waals surface area contributed by atoms with Crippen LogP contribution in [0.4, 0.5) is 0 Å². The van der Waals surface area contributed by atoms with Crippen LogP contribution in [0.15, 0.2) is 67.0 Å². The first-order chi connectivity index (χ1) is 13.7. The van der Waals surface area contributed by atoms with Gasteiger partial charge in [-0.1, -0.05) is 36.8 Å². The van der Waals surface area contributed by atoms with Gasteiger partial charge in [-0.15, -0.1) is 0 Å². The molecule has 3 aromatic rings. The van der Waals surface area contributed by atoms with E-state index in [0.717, 1.165) is 37.3 Å². The Morgan fingerprint density at radius 1 is 1.00 bits per heavy atom. The molecule has 0 radical (unpaired) electrons. The smallest absolute Gasteiger partial charge is 0.0726 e. The Morgan fingerprint density at radius 3 is 2.54 bits per heavy atom. The van der Waals surface area contributed by atoms with E-state index in [1.54, 1.807) is 24.8 Å². The van der Waals surface area contributed by atoms with E-state index in [-0.39, 0.29) is 5.92 Å². The van der Waals surface area contributed by atoms with Crippen LogP contribution in [-0.4, -0.2) is 38.4 Å². The van der Waals surface area contributed by atoms with E-state index in [1.165, 1.54) is 22.3 Å². The van der Waals surface area contributed by atoms with Crippen LogP contribution in [0.5, 0.6) is 0 Å². The Balaban J connectivity index is 1.54. The molecule has 0 aliphatic heterocycles. The van der Waals surface area contributed by atoms with Crippen LogP contribution < -0.4 is 0 Å². The number of benzene rings is 1. The summed E-state index contributed by atoms with van der Waals surface area (Å²) in [7, 11) is 2.14. The normalized spacial score (nSPS) is 14.4. The SMILES string of the molecule is C[C@H](C1=C(CCN(C)Cc2cnccn2)Cc2ccccc21)c1cnccn1. The molecule has 0 bridgehead atoms. The van der Waals surface area contributed by atoms with Crippen molar-refractivity contribution in [3.63, 3.8) is 0 Å². The minimum absolute atomic E-state index is 0.234. The molecule has 0 fully saturated rings. The van der Waals surface area contributed by atoms with Gasteiger partial charge in [-0.2, -0.15) is 0 Å². The van der Waals surface area contributed by atoms with Gasteiger partial charge in [-0.05, 0) is 36.6 Å². The summed E-state index contributed by atoms with van der Waals surface area (Å²) in [6.45, 7) is 4.03. The monoisotopic (exact) mass is 371 g/mol. The van der Waals surface area contributed by atoms with Crippen molar-refractivity contribution in [3.05, 3.63) is 89.5 Å². The van der Waals surface area contributed by atoms with Crippen molar-refractivity contribution in [1.82, 2.24) is 24.8 Å². The molecule has 5 heteroatoms. The molecule has 0 N–H and O–H groups in total. The molecule has 1 aliphatic carbocycles. The van der Waals surface area contributed by atoms with Gasteiger partial charge in [-0.3, -0.25) is 19.9 Å². The maximum atomic E-state index is 4.56. The number of aromatic nitrogens is 4. The van der Waals surface area contributed by atoms with Gasteiger partial charge in [0.1, 0.15) is 0 Å². The molecule has 0 amide bonds. The second-order valence-corrected chi connectivity index (χ2v) is 7.39. The minimum Gasteiger partial charge on any atom is -0.300 e. The fourth-order valence-corrected chi connectivity index (χ4v) is 3.99. The topological polar surface area (TPSA) is 54.8 Å². The van der Waals surface area contributed by atoms with E-state index in [4.69, 9.17) is 0 Å². The summed E-state index contributed by atoms with van der Waals surface area (Å²) in [4.78, 5) is 19.7. The molecule has 1 aromatic carbocycles. The lowest BCUT2D eigenvalue weighted by Gasteiger charge is -2.19. The van der Waals surface area contributed by atoms with Gasteiger partial charge in [0, 0.05) is 56.2 Å². The van der Waals surface area contributed by atoms with Crippen molar-refractivity contribution in [1.29, 1.82) is 0 Å². The highest BCUT2D eigenvalue weighted by Crippen LogP contribution is 2.42. The fourth-order valence-electron chi connectivity index (χ4n) is 3.99. The van der Waals surface area contributed by atoms with Crippen LogP contribution in [-0.2, 0) is 13.0 Å². The van der Waals surface area contributed by atoms with Gasteiger partial charge in [-0.25, -0.2) is 0 Å². The van der Waals surface area contributed by atoms with Gasteiger partial charge in [0.05, 0.1) is 11.4 Å². The third kappa shape index (κ3) is 3.99. The Bertz CT molecular complexity index is 953. The molecule has 1 aliphatic rings. The molecule has 2 heterocycles. The predicted octanol–water partition coefficient (Wildman–Crippen LogP) is 3.90. The van der Waals surface area contributed by atoms with Crippen LogP contribution in [0.25, 0.3) is 5.57 Å². The van der Waals surface area contributed by atoms with Gasteiger partial charge in [0.25, 0.3) is 0 Å². The Labute approximate surface area is 166 Å². The number of allylic oxidation sites excluding steroid dienone is 1. The molecule has 5 nitrogen and oxygen atoms in total. The highest BCUT2D eigenvalue weighted by atomic mass is 15.1. The lowest BCUT2D eigenvalue weighted by molar-refractivity contribution is 0.326. The van der Waals surface area contributed by atoms with Crippen LogP contribution in [0, 0.1) is 0 Å². The van der Waals surface area contributed by atoms with E-state index in [9.17, 15) is 0 Å². The summed E-state index contributed by atoms with van der Waals surface area (Å²) >= 11 is 0. The summed E-state index contributed by atoms with van der Waals surface area (Å²) in [6, 6.07) is 8.75. The molecule has 4 rings (SSSR count). The molecular formula is C23H25N5. The Morgan fingerprint density at radius 2 is 1.79 bits per heavy atom. The maximum absolute atomic E-state index is 4.56. The van der Waals surface area contributed by atoms with Crippen molar-refractivity contribution in [2.24, 2.45) is 0 Å². The zero-order valence-electron chi connectivity index (χ0n) is 16.4. The summed E-state index contributed by atoms with van der Waals surface area (Å²) in [5.74, 6) is 0.234. The summed E-state index contributed by atoms with van der Waals surface area (Å²) in [5.41, 5.74) is 7.74. The number of hydrogen-bond donors (Lipinski definition) is 0. The third-order valence-electron chi connectivity index (χ3n) is 5.40. The van der Waals surface area contributed by atoms with E-state index >= 15 is 0 Å². The molecular weight excluding hydrogens is 346 g/mol. The van der Waals surface area contributed by atoms with Crippen LogP contribution in [0.1, 0.15) is 41.8 Å². The van der Waals surface area contributed by atoms with Crippen LogP contribution in [0.3, 0.4) is 0 Å². The molecule has 0 unspecified atom stereocenters. The molecule has 0 spiro atoms. The molecule has 1 atom stereocenters. The number of hydrogen-bond acceptors (Lipinski definition) is 5. The molecule has 0 saturated carbocycles. The summed E-state index contributed by atoms with van der Waals surface area (Å²) in [5, 5.41) is 0. The Hall–Kier alpha value is -2.92. The molecule has 2 aromatic heterocycles. The number of nitrogens with zero attached hydrogens (tertiary/aromatic N) is 5. The van der Waals surface area contributed by atoms with Gasteiger partial charge >= 0.3 is 0 Å². The predicted molar refractivity (Wildman–Crippen MR) is 110 cm³/mol. The highest BCUT2D eigenvalue weighted by molar-refractivity contribution is 5.80. The van der Waals surface area contributed by atoms with E-state index in [1.807, 2.05) is 12.4 Å². The van der Waals surface area contributed by atoms with Crippen molar-refractivity contribution < 1.29 is 0 Å². The van der Waals surface area contributed by atoms with Gasteiger partial charge in [0.2, 0.25) is 0 Å². The average Bonchev–Trinajstić information content (AvgIpc) is 3.11. The Kier molecular flexibility index (Phi) is 5.53. The zero-order chi connectivity index (χ0) is 19.3. The largest absolute Gasteiger partial charge is 0.300 e.